The summed E-state index contributed by atoms with van der Waals surface area (Å²) >= 11 is 3.93. The summed E-state index contributed by atoms with van der Waals surface area (Å²) in [6.07, 6.45) is 4.26. The van der Waals surface area contributed by atoms with Crippen molar-refractivity contribution in [1.82, 2.24) is 0 Å². The summed E-state index contributed by atoms with van der Waals surface area (Å²) in [7, 11) is 0. The van der Waals surface area contributed by atoms with E-state index in [1.54, 1.807) is 0 Å². The van der Waals surface area contributed by atoms with Crippen LogP contribution in [0, 0.1) is 0 Å². The number of rotatable bonds is 7. The monoisotopic (exact) mass is 622 g/mol. The number of thiophene rings is 2. The maximum Gasteiger partial charge on any atom is 0.0445 e. The van der Waals surface area contributed by atoms with E-state index in [0.29, 0.717) is 0 Å². The molecule has 0 saturated carbocycles. The third kappa shape index (κ3) is 4.17. The summed E-state index contributed by atoms with van der Waals surface area (Å²) in [5, 5.41) is 16.5. The Balaban J connectivity index is 0.877. The van der Waals surface area contributed by atoms with Crippen LogP contribution in [0.5, 0.6) is 0 Å². The van der Waals surface area contributed by atoms with E-state index in [4.69, 9.17) is 0 Å². The van der Waals surface area contributed by atoms with E-state index in [2.05, 4.69) is 133 Å². The van der Waals surface area contributed by atoms with Crippen molar-refractivity contribution >= 4 is 87.3 Å². The van der Waals surface area contributed by atoms with Crippen LogP contribution < -0.4 is 0 Å². The van der Waals surface area contributed by atoms with Gasteiger partial charge in [-0.25, -0.2) is 0 Å². The fourth-order valence-corrected chi connectivity index (χ4v) is 9.94. The standard InChI is InChI=1S/C44H30S2/c1-3-29-11-13-33-9-7-27(37-23-17-31(5-1)41(29)43(33)37)15-19-35-21-25-39(45-35)40-26-22-36(46-40)20-16-28-8-10-34-14-12-30-4-2-6-32-18-24-38(28)44(34)42(30)32/h1-14,17-18,21-26H,15-16,19-20H2. The summed E-state index contributed by atoms with van der Waals surface area (Å²) in [6, 6.07) is 50.4. The van der Waals surface area contributed by atoms with Crippen molar-refractivity contribution in [3.63, 3.8) is 0 Å². The van der Waals surface area contributed by atoms with Crippen molar-refractivity contribution in [1.29, 1.82) is 0 Å². The van der Waals surface area contributed by atoms with Gasteiger partial charge in [-0.2, -0.15) is 0 Å². The average molecular weight is 623 g/mol. The molecule has 10 aromatic rings. The first-order chi connectivity index (χ1) is 22.8. The summed E-state index contributed by atoms with van der Waals surface area (Å²) in [5.74, 6) is 0. The van der Waals surface area contributed by atoms with Gasteiger partial charge in [-0.3, -0.25) is 0 Å². The van der Waals surface area contributed by atoms with Crippen LogP contribution in [0.1, 0.15) is 20.9 Å². The molecule has 0 amide bonds. The molecule has 218 valence electrons. The Morgan fingerprint density at radius 2 is 0.674 bits per heavy atom. The number of benzene rings is 8. The zero-order chi connectivity index (χ0) is 30.2. The first-order valence-corrected chi connectivity index (χ1v) is 17.9. The Hall–Kier alpha value is -4.76. The molecule has 10 rings (SSSR count). The largest absolute Gasteiger partial charge is 0.139 e. The molecular weight excluding hydrogens is 593 g/mol. The average Bonchev–Trinajstić information content (AvgIpc) is 3.78. The van der Waals surface area contributed by atoms with Crippen LogP contribution in [0.2, 0.25) is 0 Å². The molecule has 0 aliphatic heterocycles. The molecule has 0 radical (unpaired) electrons. The van der Waals surface area contributed by atoms with Gasteiger partial charge in [0.15, 0.2) is 0 Å². The van der Waals surface area contributed by atoms with Gasteiger partial charge in [0, 0.05) is 19.5 Å². The van der Waals surface area contributed by atoms with E-state index >= 15 is 0 Å². The first kappa shape index (κ1) is 26.5. The molecular formula is C44H30S2. The van der Waals surface area contributed by atoms with Gasteiger partial charge in [0.05, 0.1) is 0 Å². The second-order valence-corrected chi connectivity index (χ2v) is 15.0. The highest BCUT2D eigenvalue weighted by Crippen LogP contribution is 2.39. The number of hydrogen-bond acceptors (Lipinski definition) is 2. The Morgan fingerprint density at radius 3 is 1.11 bits per heavy atom. The van der Waals surface area contributed by atoms with Crippen molar-refractivity contribution < 1.29 is 0 Å². The molecule has 2 aromatic heterocycles. The maximum absolute atomic E-state index is 2.35. The smallest absolute Gasteiger partial charge is 0.0445 e. The zero-order valence-electron chi connectivity index (χ0n) is 25.3. The van der Waals surface area contributed by atoms with Crippen LogP contribution in [0.4, 0.5) is 0 Å². The van der Waals surface area contributed by atoms with Crippen molar-refractivity contribution in [3.05, 3.63) is 154 Å². The Kier molecular flexibility index (Phi) is 5.97. The summed E-state index contributed by atoms with van der Waals surface area (Å²) in [4.78, 5) is 5.71. The summed E-state index contributed by atoms with van der Waals surface area (Å²) in [6.45, 7) is 0. The molecule has 0 aliphatic rings. The first-order valence-electron chi connectivity index (χ1n) is 16.3. The zero-order valence-corrected chi connectivity index (χ0v) is 27.0. The van der Waals surface area contributed by atoms with Gasteiger partial charge >= 0.3 is 0 Å². The highest BCUT2D eigenvalue weighted by atomic mass is 32.1. The highest BCUT2D eigenvalue weighted by molar-refractivity contribution is 7.22. The molecule has 2 heteroatoms. The molecule has 0 nitrogen and oxygen atoms in total. The molecule has 0 fully saturated rings. The molecule has 0 spiro atoms. The molecule has 0 N–H and O–H groups in total. The third-order valence-corrected chi connectivity index (χ3v) is 12.6. The number of hydrogen-bond donors (Lipinski definition) is 0. The van der Waals surface area contributed by atoms with Crippen LogP contribution in [0.25, 0.3) is 74.4 Å². The lowest BCUT2D eigenvalue weighted by Gasteiger charge is -2.13. The topological polar surface area (TPSA) is 0 Å². The van der Waals surface area contributed by atoms with E-state index in [-0.39, 0.29) is 0 Å². The van der Waals surface area contributed by atoms with E-state index in [0.717, 1.165) is 25.7 Å². The molecule has 0 aliphatic carbocycles. The van der Waals surface area contributed by atoms with Gasteiger partial charge in [0.1, 0.15) is 0 Å². The normalized spacial score (nSPS) is 12.3. The second-order valence-electron chi connectivity index (χ2n) is 12.7. The van der Waals surface area contributed by atoms with Crippen molar-refractivity contribution in [2.75, 3.05) is 0 Å². The van der Waals surface area contributed by atoms with Gasteiger partial charge in [-0.1, -0.05) is 109 Å². The van der Waals surface area contributed by atoms with Crippen LogP contribution in [0.3, 0.4) is 0 Å². The molecule has 0 bridgehead atoms. The van der Waals surface area contributed by atoms with E-state index in [1.165, 1.54) is 95.3 Å². The Morgan fingerprint density at radius 1 is 0.304 bits per heavy atom. The van der Waals surface area contributed by atoms with Crippen LogP contribution in [-0.2, 0) is 25.7 Å². The van der Waals surface area contributed by atoms with Gasteiger partial charge < -0.3 is 0 Å². The van der Waals surface area contributed by atoms with Gasteiger partial charge in [0.25, 0.3) is 0 Å². The van der Waals surface area contributed by atoms with Gasteiger partial charge in [-0.15, -0.1) is 22.7 Å². The SMILES string of the molecule is c1cc2ccc3ccc(CCc4ccc(-c5ccc(CCc6ccc7ccc8cccc9ccc6c7c89)s5)s4)c4ccc(c1)c2c34. The quantitative estimate of drug-likeness (QED) is 0.155. The highest BCUT2D eigenvalue weighted by Gasteiger charge is 2.14. The minimum absolute atomic E-state index is 1.06. The van der Waals surface area contributed by atoms with Crippen LogP contribution in [-0.4, -0.2) is 0 Å². The summed E-state index contributed by atoms with van der Waals surface area (Å²) < 4.78 is 0. The second kappa shape index (κ2) is 10.4. The predicted octanol–water partition coefficient (Wildman–Crippen LogP) is 12.8. The lowest BCUT2D eigenvalue weighted by atomic mass is 9.91. The fraction of sp³-hybridized carbons (Fsp3) is 0.0909. The predicted molar refractivity (Wildman–Crippen MR) is 203 cm³/mol. The lowest BCUT2D eigenvalue weighted by molar-refractivity contribution is 0.992. The van der Waals surface area contributed by atoms with E-state index in [9.17, 15) is 0 Å². The fourth-order valence-electron chi connectivity index (χ4n) is 7.83. The lowest BCUT2D eigenvalue weighted by Crippen LogP contribution is -1.92. The van der Waals surface area contributed by atoms with E-state index < -0.39 is 0 Å². The minimum Gasteiger partial charge on any atom is -0.139 e. The van der Waals surface area contributed by atoms with Gasteiger partial charge in [0.2, 0.25) is 0 Å². The van der Waals surface area contributed by atoms with Gasteiger partial charge in [-0.05, 0) is 126 Å². The Bertz CT molecular complexity index is 2480. The molecule has 0 unspecified atom stereocenters. The summed E-state index contributed by atoms with van der Waals surface area (Å²) in [5.41, 5.74) is 2.90. The van der Waals surface area contributed by atoms with Crippen molar-refractivity contribution in [3.8, 4) is 9.75 Å². The van der Waals surface area contributed by atoms with Crippen LogP contribution in [0.15, 0.2) is 133 Å². The minimum atomic E-state index is 1.06. The van der Waals surface area contributed by atoms with E-state index in [1.807, 2.05) is 22.7 Å². The van der Waals surface area contributed by atoms with Crippen molar-refractivity contribution in [2.45, 2.75) is 25.7 Å². The number of aryl methyl sites for hydroxylation is 4. The molecule has 8 aromatic carbocycles. The molecule has 0 atom stereocenters. The Labute approximate surface area is 275 Å². The van der Waals surface area contributed by atoms with Crippen molar-refractivity contribution in [2.24, 2.45) is 0 Å². The van der Waals surface area contributed by atoms with Crippen LogP contribution >= 0.6 is 22.7 Å². The maximum atomic E-state index is 2.35. The molecule has 2 heterocycles. The molecule has 0 saturated heterocycles. The third-order valence-electron chi connectivity index (χ3n) is 10.1. The molecule has 46 heavy (non-hydrogen) atoms.